The minimum Gasteiger partial charge on any atom is -0.445 e. The molecule has 1 aliphatic heterocycles. The Morgan fingerprint density at radius 2 is 1.92 bits per heavy atom. The number of carbonyl (C=O) groups is 1. The third kappa shape index (κ3) is 7.30. The number of nitrogens with zero attached hydrogens (tertiary/aromatic N) is 1. The van der Waals surface area contributed by atoms with Crippen LogP contribution in [0, 0.1) is 0 Å². The van der Waals surface area contributed by atoms with Gasteiger partial charge in [-0.15, -0.1) is 0 Å². The van der Waals surface area contributed by atoms with Crippen molar-refractivity contribution in [3.05, 3.63) is 70.8 Å². The van der Waals surface area contributed by atoms with Gasteiger partial charge in [-0.25, -0.2) is 4.79 Å². The minimum atomic E-state index is -0.224. The Bertz CT molecular complexity index is 667. The van der Waals surface area contributed by atoms with Crippen molar-refractivity contribution in [2.75, 3.05) is 13.1 Å². The first-order valence-corrected chi connectivity index (χ1v) is 9.47. The number of hydrogen-bond acceptors (Lipinski definition) is 2. The van der Waals surface area contributed by atoms with Crippen molar-refractivity contribution < 1.29 is 9.53 Å². The molecule has 0 unspecified atom stereocenters. The van der Waals surface area contributed by atoms with Crippen LogP contribution >= 0.6 is 0 Å². The molecule has 1 aliphatic rings. The summed E-state index contributed by atoms with van der Waals surface area (Å²) in [5.41, 5.74) is 5.25. The second-order valence-electron chi connectivity index (χ2n) is 7.17. The fraction of sp³-hybridized carbons (Fsp3) is 0.435. The maximum absolute atomic E-state index is 12.2. The molecule has 0 spiro atoms. The van der Waals surface area contributed by atoms with Crippen LogP contribution in [0.25, 0.3) is 0 Å². The fourth-order valence-corrected chi connectivity index (χ4v) is 2.87. The van der Waals surface area contributed by atoms with Gasteiger partial charge in [0, 0.05) is 13.1 Å². The Kier molecular flexibility index (Phi) is 8.20. The minimum absolute atomic E-state index is 0.224. The predicted molar refractivity (Wildman–Crippen MR) is 108 cm³/mol. The summed E-state index contributed by atoms with van der Waals surface area (Å²) in [6, 6.07) is 9.80. The zero-order chi connectivity index (χ0) is 18.8. The zero-order valence-electron chi connectivity index (χ0n) is 16.3. The van der Waals surface area contributed by atoms with Crippen molar-refractivity contribution in [2.24, 2.45) is 0 Å². The van der Waals surface area contributed by atoms with Crippen molar-refractivity contribution in [1.82, 2.24) is 4.90 Å². The number of carbonyl (C=O) groups excluding carboxylic acids is 1. The van der Waals surface area contributed by atoms with Gasteiger partial charge in [0.15, 0.2) is 0 Å². The van der Waals surface area contributed by atoms with E-state index in [9.17, 15) is 4.79 Å². The summed E-state index contributed by atoms with van der Waals surface area (Å²) in [7, 11) is 0. The van der Waals surface area contributed by atoms with Gasteiger partial charge in [0.05, 0.1) is 0 Å². The van der Waals surface area contributed by atoms with Crippen LogP contribution in [-0.4, -0.2) is 24.1 Å². The lowest BCUT2D eigenvalue weighted by molar-refractivity contribution is 0.0989. The Hall–Kier alpha value is -2.29. The highest BCUT2D eigenvalue weighted by Gasteiger charge is 2.18. The van der Waals surface area contributed by atoms with E-state index in [4.69, 9.17) is 4.74 Å². The summed E-state index contributed by atoms with van der Waals surface area (Å²) < 4.78 is 5.40. The van der Waals surface area contributed by atoms with Crippen molar-refractivity contribution in [2.45, 2.75) is 53.1 Å². The van der Waals surface area contributed by atoms with E-state index in [0.29, 0.717) is 13.2 Å². The Labute approximate surface area is 158 Å². The van der Waals surface area contributed by atoms with Gasteiger partial charge in [-0.1, -0.05) is 65.3 Å². The van der Waals surface area contributed by atoms with E-state index in [1.807, 2.05) is 30.3 Å². The molecule has 2 rings (SSSR count). The Balaban J connectivity index is 1.73. The number of allylic oxidation sites excluding steroid dienone is 4. The van der Waals surface area contributed by atoms with E-state index in [-0.39, 0.29) is 6.09 Å². The first-order chi connectivity index (χ1) is 12.5. The molecule has 3 heteroatoms. The molecule has 0 bridgehead atoms. The van der Waals surface area contributed by atoms with Crippen molar-refractivity contribution in [3.63, 3.8) is 0 Å². The number of ether oxygens (including phenoxy) is 1. The van der Waals surface area contributed by atoms with Crippen LogP contribution in [0.5, 0.6) is 0 Å². The standard InChI is InChI=1S/C23H31NO2/c1-19(2)8-7-9-20(3)12-13-21-14-16-24(17-15-21)23(25)26-18-22-10-5-4-6-11-22/h4-6,8,10-12,14H,7,9,13,15-18H2,1-3H3/b20-12-. The first kappa shape index (κ1) is 20.0. The molecular weight excluding hydrogens is 322 g/mol. The number of hydrogen-bond donors (Lipinski definition) is 0. The largest absolute Gasteiger partial charge is 0.445 e. The molecule has 0 atom stereocenters. The van der Waals surface area contributed by atoms with Crippen molar-refractivity contribution in [1.29, 1.82) is 0 Å². The second kappa shape index (κ2) is 10.6. The summed E-state index contributed by atoms with van der Waals surface area (Å²) >= 11 is 0. The topological polar surface area (TPSA) is 29.5 Å². The fourth-order valence-electron chi connectivity index (χ4n) is 2.87. The molecule has 3 nitrogen and oxygen atoms in total. The van der Waals surface area contributed by atoms with Crippen LogP contribution in [0.1, 0.15) is 52.0 Å². The summed E-state index contributed by atoms with van der Waals surface area (Å²) in [6.07, 6.45) is 10.7. The molecule has 1 aromatic rings. The quantitative estimate of drug-likeness (QED) is 0.559. The molecule has 1 amide bonds. The molecule has 0 N–H and O–H groups in total. The van der Waals surface area contributed by atoms with E-state index >= 15 is 0 Å². The Morgan fingerprint density at radius 3 is 2.58 bits per heavy atom. The van der Waals surface area contributed by atoms with Gasteiger partial charge < -0.3 is 9.64 Å². The van der Waals surface area contributed by atoms with E-state index < -0.39 is 0 Å². The van der Waals surface area contributed by atoms with Crippen molar-refractivity contribution in [3.8, 4) is 0 Å². The summed E-state index contributed by atoms with van der Waals surface area (Å²) in [6.45, 7) is 8.21. The van der Waals surface area contributed by atoms with E-state index in [2.05, 4.69) is 39.0 Å². The smallest absolute Gasteiger partial charge is 0.410 e. The van der Waals surface area contributed by atoms with Gasteiger partial charge in [0.2, 0.25) is 0 Å². The van der Waals surface area contributed by atoms with Crippen LogP contribution in [0.3, 0.4) is 0 Å². The third-order valence-electron chi connectivity index (χ3n) is 4.57. The molecule has 0 aromatic heterocycles. The van der Waals surface area contributed by atoms with Gasteiger partial charge in [0.25, 0.3) is 0 Å². The molecular formula is C23H31NO2. The van der Waals surface area contributed by atoms with Crippen LogP contribution in [0.2, 0.25) is 0 Å². The van der Waals surface area contributed by atoms with Gasteiger partial charge in [0.1, 0.15) is 6.61 Å². The van der Waals surface area contributed by atoms with Crippen molar-refractivity contribution >= 4 is 6.09 Å². The predicted octanol–water partition coefficient (Wildman–Crippen LogP) is 6.04. The molecule has 1 heterocycles. The lowest BCUT2D eigenvalue weighted by atomic mass is 10.0. The summed E-state index contributed by atoms with van der Waals surface area (Å²) in [5.74, 6) is 0. The molecule has 0 radical (unpaired) electrons. The maximum atomic E-state index is 12.2. The van der Waals surface area contributed by atoms with Gasteiger partial charge in [-0.2, -0.15) is 0 Å². The van der Waals surface area contributed by atoms with E-state index in [0.717, 1.165) is 37.8 Å². The highest BCUT2D eigenvalue weighted by Crippen LogP contribution is 2.18. The molecule has 0 fully saturated rings. The molecule has 140 valence electrons. The first-order valence-electron chi connectivity index (χ1n) is 9.47. The van der Waals surface area contributed by atoms with Crippen LogP contribution in [-0.2, 0) is 11.3 Å². The Morgan fingerprint density at radius 1 is 1.15 bits per heavy atom. The number of amides is 1. The van der Waals surface area contributed by atoms with Crippen LogP contribution in [0.15, 0.2) is 65.3 Å². The molecule has 26 heavy (non-hydrogen) atoms. The van der Waals surface area contributed by atoms with E-state index in [1.54, 1.807) is 4.90 Å². The SMILES string of the molecule is CC(C)=CCC/C(C)=C\CC1=CCN(C(=O)OCc2ccccc2)CC1. The number of benzene rings is 1. The maximum Gasteiger partial charge on any atom is 0.410 e. The van der Waals surface area contributed by atoms with Gasteiger partial charge in [-0.05, 0) is 52.0 Å². The van der Waals surface area contributed by atoms with Crippen LogP contribution < -0.4 is 0 Å². The monoisotopic (exact) mass is 353 g/mol. The molecule has 0 saturated heterocycles. The lowest BCUT2D eigenvalue weighted by Gasteiger charge is -2.25. The normalized spacial score (nSPS) is 14.7. The average molecular weight is 354 g/mol. The number of rotatable bonds is 7. The average Bonchev–Trinajstić information content (AvgIpc) is 2.65. The third-order valence-corrected chi connectivity index (χ3v) is 4.57. The highest BCUT2D eigenvalue weighted by molar-refractivity contribution is 5.68. The summed E-state index contributed by atoms with van der Waals surface area (Å²) in [5, 5.41) is 0. The zero-order valence-corrected chi connectivity index (χ0v) is 16.3. The lowest BCUT2D eigenvalue weighted by Crippen LogP contribution is -2.35. The molecule has 0 aliphatic carbocycles. The molecule has 0 saturated carbocycles. The molecule has 1 aromatic carbocycles. The van der Waals surface area contributed by atoms with E-state index in [1.165, 1.54) is 16.7 Å². The van der Waals surface area contributed by atoms with Gasteiger partial charge >= 0.3 is 6.09 Å². The summed E-state index contributed by atoms with van der Waals surface area (Å²) in [4.78, 5) is 14.0. The second-order valence-corrected chi connectivity index (χ2v) is 7.17. The van der Waals surface area contributed by atoms with Crippen LogP contribution in [0.4, 0.5) is 4.79 Å². The highest BCUT2D eigenvalue weighted by atomic mass is 16.6. The van der Waals surface area contributed by atoms with Gasteiger partial charge in [-0.3, -0.25) is 0 Å².